The molecule has 0 radical (unpaired) electrons. The van der Waals surface area contributed by atoms with Crippen molar-refractivity contribution in [1.82, 2.24) is 0 Å². The lowest BCUT2D eigenvalue weighted by Gasteiger charge is -2.33. The van der Waals surface area contributed by atoms with E-state index in [1.807, 2.05) is 13.0 Å². The maximum atomic E-state index is 13.2. The van der Waals surface area contributed by atoms with Gasteiger partial charge in [0.25, 0.3) is 5.91 Å². The Morgan fingerprint density at radius 1 is 1.29 bits per heavy atom. The predicted octanol–water partition coefficient (Wildman–Crippen LogP) is 6.49. The molecule has 1 amide bonds. The molecule has 1 atom stereocenters. The zero-order valence-corrected chi connectivity index (χ0v) is 21.2. The number of nitrogens with one attached hydrogen (secondary N) is 1. The Morgan fingerprint density at radius 3 is 2.68 bits per heavy atom. The number of anilines is 1. The van der Waals surface area contributed by atoms with Gasteiger partial charge >= 0.3 is 5.97 Å². The molecule has 31 heavy (non-hydrogen) atoms. The van der Waals surface area contributed by atoms with Gasteiger partial charge in [-0.15, -0.1) is 11.3 Å². The molecule has 1 aliphatic carbocycles. The Kier molecular flexibility index (Phi) is 7.47. The molecule has 1 aromatic carbocycles. The minimum absolute atomic E-state index is 0.193. The predicted molar refractivity (Wildman–Crippen MR) is 129 cm³/mol. The molecule has 0 saturated heterocycles. The van der Waals surface area contributed by atoms with Gasteiger partial charge in [-0.3, -0.25) is 4.79 Å². The fraction of sp³-hybridized carbons (Fsp3) is 0.500. The number of fused-ring (bicyclic) bond motifs is 1. The Balaban J connectivity index is 1.95. The molecule has 1 heterocycles. The first kappa shape index (κ1) is 23.8. The van der Waals surface area contributed by atoms with Crippen LogP contribution in [-0.2, 0) is 17.6 Å². The summed E-state index contributed by atoms with van der Waals surface area (Å²) in [6.07, 6.45) is 3.59. The number of ether oxygens (including phenoxy) is 2. The second-order valence-corrected chi connectivity index (χ2v) is 11.0. The number of carbonyl (C=O) groups excluding carboxylic acids is 2. The lowest BCUT2D eigenvalue weighted by Crippen LogP contribution is -2.26. The van der Waals surface area contributed by atoms with Crippen molar-refractivity contribution in [3.63, 3.8) is 0 Å². The van der Waals surface area contributed by atoms with Gasteiger partial charge in [0.1, 0.15) is 10.8 Å². The number of methoxy groups -OCH3 is 1. The molecule has 1 aromatic heterocycles. The molecule has 5 nitrogen and oxygen atoms in total. The summed E-state index contributed by atoms with van der Waals surface area (Å²) in [6.45, 7) is 9.31. The molecule has 0 aliphatic heterocycles. The minimum Gasteiger partial charge on any atom is -0.493 e. The third kappa shape index (κ3) is 5.32. The standard InChI is InChI=1S/C24H30BrNO4S/c1-6-11-30-18-10-8-15(25)13-17(18)21(27)26-22-20(23(28)29-5)16-9-7-14(24(2,3)4)12-19(16)31-22/h8,10,13-14H,6-7,9,11-12H2,1-5H3,(H,26,27). The number of carbonyl (C=O) groups is 2. The molecule has 1 N–H and O–H groups in total. The zero-order chi connectivity index (χ0) is 22.8. The van der Waals surface area contributed by atoms with Crippen molar-refractivity contribution in [2.24, 2.45) is 11.3 Å². The van der Waals surface area contributed by atoms with Crippen LogP contribution in [0.5, 0.6) is 5.75 Å². The topological polar surface area (TPSA) is 64.6 Å². The number of esters is 1. The molecule has 1 aliphatic rings. The van der Waals surface area contributed by atoms with Gasteiger partial charge in [-0.05, 0) is 60.8 Å². The van der Waals surface area contributed by atoms with Gasteiger partial charge < -0.3 is 14.8 Å². The molecule has 3 rings (SSSR count). The summed E-state index contributed by atoms with van der Waals surface area (Å²) in [5.41, 5.74) is 2.13. The molecule has 0 spiro atoms. The van der Waals surface area contributed by atoms with E-state index in [1.54, 1.807) is 12.1 Å². The number of hydrogen-bond acceptors (Lipinski definition) is 5. The monoisotopic (exact) mass is 507 g/mol. The summed E-state index contributed by atoms with van der Waals surface area (Å²) in [5, 5.41) is 3.53. The highest BCUT2D eigenvalue weighted by Gasteiger charge is 2.34. The first-order chi connectivity index (χ1) is 14.7. The molecule has 1 unspecified atom stereocenters. The summed E-state index contributed by atoms with van der Waals surface area (Å²) < 4.78 is 11.6. The van der Waals surface area contributed by atoms with Crippen LogP contribution < -0.4 is 10.1 Å². The number of hydrogen-bond donors (Lipinski definition) is 1. The Morgan fingerprint density at radius 2 is 2.03 bits per heavy atom. The van der Waals surface area contributed by atoms with E-state index in [0.717, 1.165) is 35.7 Å². The lowest BCUT2D eigenvalue weighted by molar-refractivity contribution is 0.0600. The second-order valence-electron chi connectivity index (χ2n) is 8.95. The Labute approximate surface area is 196 Å². The number of halogens is 1. The highest BCUT2D eigenvalue weighted by Crippen LogP contribution is 2.44. The molecule has 168 valence electrons. The summed E-state index contributed by atoms with van der Waals surface area (Å²) in [7, 11) is 1.38. The highest BCUT2D eigenvalue weighted by molar-refractivity contribution is 9.10. The first-order valence-electron chi connectivity index (χ1n) is 10.6. The number of rotatable bonds is 6. The molecule has 7 heteroatoms. The summed E-state index contributed by atoms with van der Waals surface area (Å²) in [6, 6.07) is 5.36. The van der Waals surface area contributed by atoms with E-state index in [2.05, 4.69) is 42.0 Å². The fourth-order valence-corrected chi connectivity index (χ4v) is 5.59. The van der Waals surface area contributed by atoms with E-state index in [4.69, 9.17) is 9.47 Å². The number of benzene rings is 1. The molecule has 0 fully saturated rings. The summed E-state index contributed by atoms with van der Waals surface area (Å²) in [5.74, 6) is 0.352. The second kappa shape index (κ2) is 9.74. The van der Waals surface area contributed by atoms with Crippen molar-refractivity contribution >= 4 is 44.1 Å². The van der Waals surface area contributed by atoms with Crippen LogP contribution in [-0.4, -0.2) is 25.6 Å². The number of thiophene rings is 1. The molecule has 2 aromatic rings. The van der Waals surface area contributed by atoms with Crippen LogP contribution in [0.1, 0.15) is 71.7 Å². The van der Waals surface area contributed by atoms with E-state index in [9.17, 15) is 9.59 Å². The van der Waals surface area contributed by atoms with Gasteiger partial charge in [0.05, 0.1) is 24.8 Å². The van der Waals surface area contributed by atoms with Gasteiger partial charge in [-0.25, -0.2) is 4.79 Å². The number of amides is 1. The highest BCUT2D eigenvalue weighted by atomic mass is 79.9. The SMILES string of the molecule is CCCOc1ccc(Br)cc1C(=O)Nc1sc2c(c1C(=O)OC)CCC(C(C)(C)C)C2. The third-order valence-electron chi connectivity index (χ3n) is 5.75. The van der Waals surface area contributed by atoms with Crippen LogP contribution in [0.4, 0.5) is 5.00 Å². The van der Waals surface area contributed by atoms with Crippen molar-refractivity contribution in [3.05, 3.63) is 44.2 Å². The largest absolute Gasteiger partial charge is 0.493 e. The van der Waals surface area contributed by atoms with Gasteiger partial charge in [0.15, 0.2) is 0 Å². The summed E-state index contributed by atoms with van der Waals surface area (Å²) >= 11 is 4.92. The summed E-state index contributed by atoms with van der Waals surface area (Å²) in [4.78, 5) is 27.0. The fourth-order valence-electron chi connectivity index (χ4n) is 3.92. The van der Waals surface area contributed by atoms with Crippen molar-refractivity contribution in [1.29, 1.82) is 0 Å². The average molecular weight is 508 g/mol. The Hall–Kier alpha value is -1.86. The molecule has 0 saturated carbocycles. The normalized spacial score (nSPS) is 15.9. The third-order valence-corrected chi connectivity index (χ3v) is 7.42. The first-order valence-corrected chi connectivity index (χ1v) is 12.2. The smallest absolute Gasteiger partial charge is 0.341 e. The van der Waals surface area contributed by atoms with E-state index in [0.29, 0.717) is 34.4 Å². The van der Waals surface area contributed by atoms with E-state index in [1.165, 1.54) is 23.3 Å². The van der Waals surface area contributed by atoms with Crippen molar-refractivity contribution < 1.29 is 19.1 Å². The van der Waals surface area contributed by atoms with Gasteiger partial charge in [0, 0.05) is 9.35 Å². The van der Waals surface area contributed by atoms with Crippen LogP contribution >= 0.6 is 27.3 Å². The minimum atomic E-state index is -0.404. The van der Waals surface area contributed by atoms with E-state index < -0.39 is 5.97 Å². The maximum absolute atomic E-state index is 13.2. The van der Waals surface area contributed by atoms with Gasteiger partial charge in [0.2, 0.25) is 0 Å². The van der Waals surface area contributed by atoms with Crippen molar-refractivity contribution in [2.75, 3.05) is 19.0 Å². The van der Waals surface area contributed by atoms with E-state index in [-0.39, 0.29) is 11.3 Å². The van der Waals surface area contributed by atoms with Crippen LogP contribution in [0.3, 0.4) is 0 Å². The van der Waals surface area contributed by atoms with Gasteiger partial charge in [-0.1, -0.05) is 43.6 Å². The van der Waals surface area contributed by atoms with Crippen molar-refractivity contribution in [2.45, 2.75) is 53.4 Å². The molecular weight excluding hydrogens is 478 g/mol. The molecular formula is C24H30BrNO4S. The zero-order valence-electron chi connectivity index (χ0n) is 18.8. The lowest BCUT2D eigenvalue weighted by atomic mass is 9.72. The quantitative estimate of drug-likeness (QED) is 0.453. The van der Waals surface area contributed by atoms with Crippen LogP contribution in [0.15, 0.2) is 22.7 Å². The van der Waals surface area contributed by atoms with Crippen LogP contribution in [0, 0.1) is 11.3 Å². The van der Waals surface area contributed by atoms with Crippen LogP contribution in [0.2, 0.25) is 0 Å². The van der Waals surface area contributed by atoms with Crippen molar-refractivity contribution in [3.8, 4) is 5.75 Å². The Bertz CT molecular complexity index is 977. The maximum Gasteiger partial charge on any atom is 0.341 e. The molecule has 0 bridgehead atoms. The van der Waals surface area contributed by atoms with E-state index >= 15 is 0 Å². The van der Waals surface area contributed by atoms with Gasteiger partial charge in [-0.2, -0.15) is 0 Å². The van der Waals surface area contributed by atoms with Crippen LogP contribution in [0.25, 0.3) is 0 Å². The average Bonchev–Trinajstić information content (AvgIpc) is 3.08.